The maximum atomic E-state index is 13.1. The summed E-state index contributed by atoms with van der Waals surface area (Å²) in [5.41, 5.74) is 1.67. The van der Waals surface area contributed by atoms with Crippen molar-refractivity contribution in [2.75, 3.05) is 13.2 Å². The van der Waals surface area contributed by atoms with Gasteiger partial charge in [0, 0.05) is 13.0 Å². The number of β-amino-alcohol motifs (C(OH)–C–C–N with tert-alkyl or cyclic N) is 1. The van der Waals surface area contributed by atoms with Crippen molar-refractivity contribution in [1.82, 2.24) is 14.9 Å². The summed E-state index contributed by atoms with van der Waals surface area (Å²) >= 11 is 0. The molecule has 178 valence electrons. The molecule has 11 nitrogen and oxygen atoms in total. The van der Waals surface area contributed by atoms with Gasteiger partial charge < -0.3 is 19.6 Å². The third-order valence-electron chi connectivity index (χ3n) is 5.19. The van der Waals surface area contributed by atoms with Gasteiger partial charge in [-0.25, -0.2) is 13.2 Å². The number of ether oxygens (including phenoxy) is 1. The Bertz CT molecular complexity index is 1130. The molecule has 3 rings (SSSR count). The Balaban J connectivity index is 1.58. The molecule has 33 heavy (non-hydrogen) atoms. The van der Waals surface area contributed by atoms with Crippen molar-refractivity contribution < 1.29 is 37.1 Å². The van der Waals surface area contributed by atoms with Crippen LogP contribution in [-0.2, 0) is 30.9 Å². The lowest BCUT2D eigenvalue weighted by molar-refractivity contribution is -0.151. The van der Waals surface area contributed by atoms with E-state index in [-0.39, 0.29) is 24.4 Å². The van der Waals surface area contributed by atoms with Crippen LogP contribution >= 0.6 is 0 Å². The second-order valence-corrected chi connectivity index (χ2v) is 9.53. The van der Waals surface area contributed by atoms with Crippen molar-refractivity contribution in [2.24, 2.45) is 0 Å². The van der Waals surface area contributed by atoms with Crippen molar-refractivity contribution in [3.05, 3.63) is 53.5 Å². The lowest BCUT2D eigenvalue weighted by Gasteiger charge is -2.22. The zero-order chi connectivity index (χ0) is 24.2. The summed E-state index contributed by atoms with van der Waals surface area (Å²) in [5, 5.41) is 14.4. The number of carbonyl (C=O) groups is 3. The Morgan fingerprint density at radius 3 is 2.64 bits per heavy atom. The summed E-state index contributed by atoms with van der Waals surface area (Å²) in [6.45, 7) is 2.58. The first-order valence-corrected chi connectivity index (χ1v) is 11.6. The molecule has 1 aromatic heterocycles. The van der Waals surface area contributed by atoms with Crippen LogP contribution in [-0.4, -0.2) is 61.0 Å². The van der Waals surface area contributed by atoms with Crippen LogP contribution in [0.15, 0.2) is 45.9 Å². The molecule has 3 N–H and O–H groups in total. The van der Waals surface area contributed by atoms with Gasteiger partial charge in [-0.05, 0) is 49.2 Å². The third-order valence-corrected chi connectivity index (χ3v) is 7.06. The lowest BCUT2D eigenvalue weighted by atomic mass is 10.1. The van der Waals surface area contributed by atoms with Crippen molar-refractivity contribution in [3.63, 3.8) is 0 Å². The van der Waals surface area contributed by atoms with Gasteiger partial charge in [0.25, 0.3) is 5.91 Å². The molecule has 0 aliphatic carbocycles. The van der Waals surface area contributed by atoms with Crippen molar-refractivity contribution in [2.45, 2.75) is 43.9 Å². The largest absolute Gasteiger partial charge is 0.467 e. The van der Waals surface area contributed by atoms with Crippen LogP contribution in [0.4, 0.5) is 4.79 Å². The first-order chi connectivity index (χ1) is 15.6. The third kappa shape index (κ3) is 5.97. The molecule has 0 saturated carbocycles. The minimum atomic E-state index is -4.09. The van der Waals surface area contributed by atoms with Gasteiger partial charge in [0.15, 0.2) is 6.61 Å². The van der Waals surface area contributed by atoms with Crippen LogP contribution in [0, 0.1) is 13.8 Å². The average Bonchev–Trinajstić information content (AvgIpc) is 3.42. The van der Waals surface area contributed by atoms with Gasteiger partial charge in [0.2, 0.25) is 10.0 Å². The monoisotopic (exact) mass is 479 g/mol. The number of carbonyl (C=O) groups excluding carboxylic acids is 3. The van der Waals surface area contributed by atoms with E-state index in [9.17, 15) is 27.9 Å². The Morgan fingerprint density at radius 1 is 1.21 bits per heavy atom. The minimum absolute atomic E-state index is 0.0107. The molecule has 0 spiro atoms. The number of imide groups is 1. The fourth-order valence-corrected chi connectivity index (χ4v) is 5.01. The van der Waals surface area contributed by atoms with Crippen LogP contribution in [0.2, 0.25) is 0 Å². The smallest absolute Gasteiger partial charge is 0.325 e. The molecule has 0 radical (unpaired) electrons. The molecule has 3 amide bonds. The number of benzene rings is 1. The number of furan rings is 1. The lowest BCUT2D eigenvalue weighted by Crippen LogP contribution is -2.44. The van der Waals surface area contributed by atoms with Crippen LogP contribution in [0.5, 0.6) is 0 Å². The van der Waals surface area contributed by atoms with E-state index >= 15 is 0 Å². The van der Waals surface area contributed by atoms with Gasteiger partial charge >= 0.3 is 12.0 Å². The number of sulfonamides is 1. The molecule has 1 fully saturated rings. The standard InChI is InChI=1S/C21H25N3O8S/c1-13-5-6-17(8-14(13)2)33(29,30)24-11-15(25)9-18(24)20(27)32-12-19(26)23-21(28)22-10-16-4-3-7-31-16/h3-8,15,18,25H,9-12H2,1-2H3,(H2,22,23,26,28). The van der Waals surface area contributed by atoms with E-state index in [0.29, 0.717) is 5.76 Å². The number of rotatable bonds is 7. The predicted octanol–water partition coefficient (Wildman–Crippen LogP) is 0.590. The highest BCUT2D eigenvalue weighted by molar-refractivity contribution is 7.89. The Labute approximate surface area is 190 Å². The quantitative estimate of drug-likeness (QED) is 0.487. The molecule has 0 bridgehead atoms. The van der Waals surface area contributed by atoms with E-state index in [1.165, 1.54) is 18.4 Å². The van der Waals surface area contributed by atoms with Crippen molar-refractivity contribution in [1.29, 1.82) is 0 Å². The Hall–Kier alpha value is -3.22. The molecular weight excluding hydrogens is 454 g/mol. The number of aliphatic hydroxyl groups excluding tert-OH is 1. The first kappa shape index (κ1) is 24.4. The van der Waals surface area contributed by atoms with Gasteiger partial charge in [-0.15, -0.1) is 0 Å². The maximum absolute atomic E-state index is 13.1. The van der Waals surface area contributed by atoms with Crippen molar-refractivity contribution >= 4 is 27.9 Å². The molecule has 1 saturated heterocycles. The molecule has 12 heteroatoms. The topological polar surface area (TPSA) is 155 Å². The molecule has 2 atom stereocenters. The van der Waals surface area contributed by atoms with E-state index in [1.807, 2.05) is 12.2 Å². The van der Waals surface area contributed by atoms with Gasteiger partial charge in [-0.3, -0.25) is 14.9 Å². The van der Waals surface area contributed by atoms with Gasteiger partial charge in [-0.2, -0.15) is 4.31 Å². The number of hydrogen-bond donors (Lipinski definition) is 3. The molecule has 1 aliphatic rings. The summed E-state index contributed by atoms with van der Waals surface area (Å²) in [5.74, 6) is -1.42. The number of nitrogens with zero attached hydrogens (tertiary/aromatic N) is 1. The van der Waals surface area contributed by atoms with Crippen molar-refractivity contribution in [3.8, 4) is 0 Å². The highest BCUT2D eigenvalue weighted by Crippen LogP contribution is 2.28. The first-order valence-electron chi connectivity index (χ1n) is 10.1. The maximum Gasteiger partial charge on any atom is 0.325 e. The zero-order valence-electron chi connectivity index (χ0n) is 18.1. The second kappa shape index (κ2) is 10.1. The second-order valence-electron chi connectivity index (χ2n) is 7.64. The van der Waals surface area contributed by atoms with E-state index < -0.39 is 46.7 Å². The SMILES string of the molecule is Cc1ccc(S(=O)(=O)N2CC(O)CC2C(=O)OCC(=O)NC(=O)NCc2ccco2)cc1C. The number of aliphatic hydroxyl groups is 1. The highest BCUT2D eigenvalue weighted by Gasteiger charge is 2.44. The fraction of sp³-hybridized carbons (Fsp3) is 0.381. The summed E-state index contributed by atoms with van der Waals surface area (Å²) < 4.78 is 37.0. The zero-order valence-corrected chi connectivity index (χ0v) is 18.9. The summed E-state index contributed by atoms with van der Waals surface area (Å²) in [6.07, 6.45) is 0.196. The van der Waals surface area contributed by atoms with E-state index in [2.05, 4.69) is 5.32 Å². The molecule has 1 aliphatic heterocycles. The molecule has 2 aromatic rings. The van der Waals surface area contributed by atoms with E-state index in [1.54, 1.807) is 25.1 Å². The molecule has 1 aromatic carbocycles. The predicted molar refractivity (Wildman–Crippen MR) is 114 cm³/mol. The number of hydrogen-bond acceptors (Lipinski definition) is 8. The Kier molecular flexibility index (Phi) is 7.51. The average molecular weight is 480 g/mol. The van der Waals surface area contributed by atoms with Crippen LogP contribution in [0.25, 0.3) is 0 Å². The summed E-state index contributed by atoms with van der Waals surface area (Å²) in [7, 11) is -4.09. The summed E-state index contributed by atoms with van der Waals surface area (Å²) in [4.78, 5) is 36.2. The number of amides is 3. The van der Waals surface area contributed by atoms with Gasteiger partial charge in [0.05, 0.1) is 23.8 Å². The number of aryl methyl sites for hydroxylation is 2. The van der Waals surface area contributed by atoms with Crippen LogP contribution in [0.1, 0.15) is 23.3 Å². The van der Waals surface area contributed by atoms with Gasteiger partial charge in [-0.1, -0.05) is 6.07 Å². The number of esters is 1. The van der Waals surface area contributed by atoms with E-state index in [4.69, 9.17) is 9.15 Å². The number of nitrogens with one attached hydrogen (secondary N) is 2. The Morgan fingerprint density at radius 2 is 1.97 bits per heavy atom. The normalized spacial score (nSPS) is 18.6. The molecule has 2 unspecified atom stereocenters. The molecular formula is C21H25N3O8S. The van der Waals surface area contributed by atoms with Gasteiger partial charge in [0.1, 0.15) is 11.8 Å². The minimum Gasteiger partial charge on any atom is -0.467 e. The molecule has 2 heterocycles. The van der Waals surface area contributed by atoms with Crippen LogP contribution in [0.3, 0.4) is 0 Å². The highest BCUT2D eigenvalue weighted by atomic mass is 32.2. The summed E-state index contributed by atoms with van der Waals surface area (Å²) in [6, 6.07) is 5.74. The van der Waals surface area contributed by atoms with E-state index in [0.717, 1.165) is 15.4 Å². The van der Waals surface area contributed by atoms with Crippen LogP contribution < -0.4 is 10.6 Å². The number of urea groups is 1. The fourth-order valence-electron chi connectivity index (χ4n) is 3.29.